The molecule has 0 aliphatic rings. The first-order valence-electron chi connectivity index (χ1n) is 5.39. The summed E-state index contributed by atoms with van der Waals surface area (Å²) in [6.07, 6.45) is 6.69. The monoisotopic (exact) mass is 308 g/mol. The van der Waals surface area contributed by atoms with Crippen molar-refractivity contribution in [2.24, 2.45) is 14.1 Å². The number of hydrogen-bond acceptors (Lipinski definition) is 3. The predicted octanol–water partition coefficient (Wildman–Crippen LogP) is 2.12. The number of aryl methyl sites for hydroxylation is 3. The maximum Gasteiger partial charge on any atom is 0.189 e. The van der Waals surface area contributed by atoms with Crippen molar-refractivity contribution < 1.29 is 4.79 Å². The van der Waals surface area contributed by atoms with E-state index in [-0.39, 0.29) is 5.78 Å². The molecular formula is C12H13BrN4O. The van der Waals surface area contributed by atoms with Gasteiger partial charge in [0.25, 0.3) is 0 Å². The van der Waals surface area contributed by atoms with Gasteiger partial charge in [-0.1, -0.05) is 0 Å². The molecule has 0 spiro atoms. The molecule has 0 radical (unpaired) electrons. The van der Waals surface area contributed by atoms with Crippen LogP contribution in [0.2, 0.25) is 0 Å². The van der Waals surface area contributed by atoms with Gasteiger partial charge in [-0.05, 0) is 35.0 Å². The third-order valence-corrected chi connectivity index (χ3v) is 3.22. The third-order valence-electron chi connectivity index (χ3n) is 2.61. The Balaban J connectivity index is 2.25. The fraction of sp³-hybridized carbons (Fsp3) is 0.250. The van der Waals surface area contributed by atoms with Gasteiger partial charge in [0.15, 0.2) is 5.78 Å². The first kappa shape index (κ1) is 12.8. The molecule has 5 nitrogen and oxygen atoms in total. The van der Waals surface area contributed by atoms with Gasteiger partial charge in [0.05, 0.1) is 27.6 Å². The minimum Gasteiger partial charge on any atom is -0.289 e. The Labute approximate surface area is 113 Å². The summed E-state index contributed by atoms with van der Waals surface area (Å²) in [5.41, 5.74) is 2.20. The predicted molar refractivity (Wildman–Crippen MR) is 72.2 cm³/mol. The van der Waals surface area contributed by atoms with Crippen LogP contribution in [0.15, 0.2) is 22.9 Å². The summed E-state index contributed by atoms with van der Waals surface area (Å²) in [7, 11) is 3.62. The number of nitrogens with zero attached hydrogens (tertiary/aromatic N) is 4. The van der Waals surface area contributed by atoms with Crippen LogP contribution in [0.1, 0.15) is 21.7 Å². The second kappa shape index (κ2) is 4.89. The van der Waals surface area contributed by atoms with Crippen LogP contribution in [0.4, 0.5) is 0 Å². The molecule has 0 N–H and O–H groups in total. The van der Waals surface area contributed by atoms with Crippen molar-refractivity contribution in [3.05, 3.63) is 39.9 Å². The summed E-state index contributed by atoms with van der Waals surface area (Å²) in [4.78, 5) is 12.0. The highest BCUT2D eigenvalue weighted by Crippen LogP contribution is 2.17. The number of carbonyl (C=O) groups excluding carboxylic acids is 1. The second-order valence-electron chi connectivity index (χ2n) is 4.00. The van der Waals surface area contributed by atoms with Crippen molar-refractivity contribution in [2.45, 2.75) is 6.92 Å². The molecule has 0 aliphatic carbocycles. The maximum atomic E-state index is 12.0. The van der Waals surface area contributed by atoms with E-state index in [0.717, 1.165) is 15.9 Å². The van der Waals surface area contributed by atoms with E-state index in [1.54, 1.807) is 34.9 Å². The van der Waals surface area contributed by atoms with Gasteiger partial charge in [-0.25, -0.2) is 0 Å². The smallest absolute Gasteiger partial charge is 0.189 e. The molecule has 0 amide bonds. The van der Waals surface area contributed by atoms with Crippen molar-refractivity contribution in [2.75, 3.05) is 0 Å². The summed E-state index contributed by atoms with van der Waals surface area (Å²) in [5, 5.41) is 8.23. The minimum atomic E-state index is -0.0614. The van der Waals surface area contributed by atoms with E-state index in [9.17, 15) is 4.79 Å². The average Bonchev–Trinajstić information content (AvgIpc) is 2.80. The quantitative estimate of drug-likeness (QED) is 0.644. The molecule has 6 heteroatoms. The summed E-state index contributed by atoms with van der Waals surface area (Å²) >= 11 is 3.38. The minimum absolute atomic E-state index is 0.0614. The van der Waals surface area contributed by atoms with Gasteiger partial charge >= 0.3 is 0 Å². The topological polar surface area (TPSA) is 52.7 Å². The molecule has 2 rings (SSSR count). The van der Waals surface area contributed by atoms with E-state index in [1.165, 1.54) is 6.08 Å². The van der Waals surface area contributed by atoms with Crippen LogP contribution in [0, 0.1) is 6.92 Å². The number of aromatic nitrogens is 4. The van der Waals surface area contributed by atoms with Crippen LogP contribution in [0.3, 0.4) is 0 Å². The van der Waals surface area contributed by atoms with E-state index in [4.69, 9.17) is 0 Å². The number of halogens is 1. The highest BCUT2D eigenvalue weighted by atomic mass is 79.9. The fourth-order valence-electron chi connectivity index (χ4n) is 1.69. The molecule has 0 unspecified atom stereocenters. The molecular weight excluding hydrogens is 296 g/mol. The Bertz CT molecular complexity index is 605. The van der Waals surface area contributed by atoms with Gasteiger partial charge in [0, 0.05) is 20.3 Å². The largest absolute Gasteiger partial charge is 0.289 e. The zero-order chi connectivity index (χ0) is 13.3. The molecule has 18 heavy (non-hydrogen) atoms. The zero-order valence-electron chi connectivity index (χ0n) is 10.4. The van der Waals surface area contributed by atoms with E-state index >= 15 is 0 Å². The molecule has 94 valence electrons. The van der Waals surface area contributed by atoms with Crippen molar-refractivity contribution in [1.29, 1.82) is 0 Å². The Hall–Kier alpha value is -1.69. The molecule has 2 aromatic rings. The van der Waals surface area contributed by atoms with Gasteiger partial charge in [0.1, 0.15) is 0 Å². The van der Waals surface area contributed by atoms with Gasteiger partial charge in [0.2, 0.25) is 0 Å². The Morgan fingerprint density at radius 2 is 2.17 bits per heavy atom. The van der Waals surface area contributed by atoms with Gasteiger partial charge in [-0.3, -0.25) is 14.2 Å². The molecule has 2 heterocycles. The SMILES string of the molecule is Cc1nn(C)cc1C(=O)/C=C/c1c(Br)cnn1C. The van der Waals surface area contributed by atoms with Crippen molar-refractivity contribution >= 4 is 27.8 Å². The van der Waals surface area contributed by atoms with Crippen LogP contribution in [0.5, 0.6) is 0 Å². The van der Waals surface area contributed by atoms with Crippen molar-refractivity contribution in [3.8, 4) is 0 Å². The summed E-state index contributed by atoms with van der Waals surface area (Å²) in [6.45, 7) is 1.82. The molecule has 2 aromatic heterocycles. The van der Waals surface area contributed by atoms with Crippen molar-refractivity contribution in [3.63, 3.8) is 0 Å². The van der Waals surface area contributed by atoms with Gasteiger partial charge in [-0.2, -0.15) is 10.2 Å². The lowest BCUT2D eigenvalue weighted by Crippen LogP contribution is -1.97. The first-order valence-corrected chi connectivity index (χ1v) is 6.18. The standard InChI is InChI=1S/C12H13BrN4O/c1-8-9(7-16(2)15-8)12(18)5-4-11-10(13)6-14-17(11)3/h4-7H,1-3H3/b5-4+. The average molecular weight is 309 g/mol. The lowest BCUT2D eigenvalue weighted by molar-refractivity contribution is 0.104. The highest BCUT2D eigenvalue weighted by molar-refractivity contribution is 9.10. The van der Waals surface area contributed by atoms with Gasteiger partial charge in [-0.15, -0.1) is 0 Å². The molecule has 0 saturated carbocycles. The highest BCUT2D eigenvalue weighted by Gasteiger charge is 2.10. The number of allylic oxidation sites excluding steroid dienone is 1. The number of carbonyl (C=O) groups is 1. The normalized spacial score (nSPS) is 11.3. The molecule has 0 atom stereocenters. The summed E-state index contributed by atoms with van der Waals surface area (Å²) in [6, 6.07) is 0. The van der Waals surface area contributed by atoms with Gasteiger partial charge < -0.3 is 0 Å². The molecule has 0 saturated heterocycles. The molecule has 0 bridgehead atoms. The molecule has 0 aromatic carbocycles. The number of ketones is 1. The Morgan fingerprint density at radius 1 is 1.44 bits per heavy atom. The second-order valence-corrected chi connectivity index (χ2v) is 4.86. The van der Waals surface area contributed by atoms with Crippen LogP contribution >= 0.6 is 15.9 Å². The van der Waals surface area contributed by atoms with E-state index < -0.39 is 0 Å². The Kier molecular flexibility index (Phi) is 3.47. The Morgan fingerprint density at radius 3 is 2.67 bits per heavy atom. The first-order chi connectivity index (χ1) is 8.49. The third kappa shape index (κ3) is 2.43. The van der Waals surface area contributed by atoms with Crippen LogP contribution in [-0.4, -0.2) is 25.3 Å². The lowest BCUT2D eigenvalue weighted by atomic mass is 10.1. The van der Waals surface area contributed by atoms with E-state index in [1.807, 2.05) is 14.0 Å². The van der Waals surface area contributed by atoms with E-state index in [0.29, 0.717) is 5.56 Å². The zero-order valence-corrected chi connectivity index (χ0v) is 12.0. The van der Waals surface area contributed by atoms with Crippen LogP contribution in [0.25, 0.3) is 6.08 Å². The van der Waals surface area contributed by atoms with E-state index in [2.05, 4.69) is 26.1 Å². The lowest BCUT2D eigenvalue weighted by Gasteiger charge is -1.95. The number of rotatable bonds is 3. The van der Waals surface area contributed by atoms with Crippen LogP contribution < -0.4 is 0 Å². The van der Waals surface area contributed by atoms with Crippen LogP contribution in [-0.2, 0) is 14.1 Å². The summed E-state index contributed by atoms with van der Waals surface area (Å²) in [5.74, 6) is -0.0614. The maximum absolute atomic E-state index is 12.0. The molecule has 0 fully saturated rings. The number of hydrogen-bond donors (Lipinski definition) is 0. The summed E-state index contributed by atoms with van der Waals surface area (Å²) < 4.78 is 4.19. The molecule has 0 aliphatic heterocycles. The van der Waals surface area contributed by atoms with Crippen molar-refractivity contribution in [1.82, 2.24) is 19.6 Å². The fourth-order valence-corrected chi connectivity index (χ4v) is 2.17.